The second-order valence-corrected chi connectivity index (χ2v) is 4.15. The highest BCUT2D eigenvalue weighted by atomic mass is 35.5. The minimum atomic E-state index is -0.409. The number of ether oxygens (including phenoxy) is 2. The first-order chi connectivity index (χ1) is 9.60. The second kappa shape index (κ2) is 8.17. The molecule has 0 saturated carbocycles. The van der Waals surface area contributed by atoms with Crippen molar-refractivity contribution in [2.45, 2.75) is 12.8 Å². The number of carbonyl (C=O) groups is 1. The van der Waals surface area contributed by atoms with Crippen LogP contribution < -0.4 is 4.74 Å². The predicted octanol–water partition coefficient (Wildman–Crippen LogP) is 3.47. The van der Waals surface area contributed by atoms with E-state index in [9.17, 15) is 4.79 Å². The number of nitrogens with zero attached hydrogens (tertiary/aromatic N) is 1. The van der Waals surface area contributed by atoms with Crippen molar-refractivity contribution in [2.24, 2.45) is 4.99 Å². The lowest BCUT2D eigenvalue weighted by atomic mass is 10.2. The third kappa shape index (κ3) is 4.90. The van der Waals surface area contributed by atoms with Gasteiger partial charge in [-0.3, -0.25) is 0 Å². The predicted molar refractivity (Wildman–Crippen MR) is 80.0 cm³/mol. The highest BCUT2D eigenvalue weighted by molar-refractivity contribution is 6.17. The van der Waals surface area contributed by atoms with E-state index >= 15 is 0 Å². The van der Waals surface area contributed by atoms with Crippen LogP contribution in [0.25, 0.3) is 0 Å². The fourth-order valence-electron chi connectivity index (χ4n) is 1.36. The first kappa shape index (κ1) is 16.0. The Morgan fingerprint density at radius 1 is 1.45 bits per heavy atom. The standard InChI is InChI=1S/C15H16ClNO3/c1-11(15(18)19-3)7-8-14(17-2)20-13-6-4-5-12(9-13)10-16/h4-9H,2,10H2,1,3H3/b11-7+,14-8+. The number of methoxy groups -OCH3 is 1. The second-order valence-electron chi connectivity index (χ2n) is 3.89. The molecule has 0 aliphatic rings. The van der Waals surface area contributed by atoms with Crippen molar-refractivity contribution in [3.63, 3.8) is 0 Å². The van der Waals surface area contributed by atoms with Crippen LogP contribution >= 0.6 is 11.6 Å². The summed E-state index contributed by atoms with van der Waals surface area (Å²) in [5.74, 6) is 0.874. The Balaban J connectivity index is 2.86. The molecule has 0 amide bonds. The van der Waals surface area contributed by atoms with Gasteiger partial charge in [-0.1, -0.05) is 12.1 Å². The van der Waals surface area contributed by atoms with Gasteiger partial charge >= 0.3 is 5.97 Å². The van der Waals surface area contributed by atoms with Gasteiger partial charge in [0.25, 0.3) is 0 Å². The van der Waals surface area contributed by atoms with Crippen molar-refractivity contribution in [1.82, 2.24) is 0 Å². The molecule has 1 rings (SSSR count). The maximum atomic E-state index is 11.2. The van der Waals surface area contributed by atoms with Crippen LogP contribution in [0.3, 0.4) is 0 Å². The van der Waals surface area contributed by atoms with Crippen molar-refractivity contribution >= 4 is 24.3 Å². The third-order valence-electron chi connectivity index (χ3n) is 2.41. The van der Waals surface area contributed by atoms with Crippen LogP contribution in [0.4, 0.5) is 0 Å². The molecule has 0 bridgehead atoms. The van der Waals surface area contributed by atoms with E-state index in [2.05, 4.69) is 16.4 Å². The number of alkyl halides is 1. The van der Waals surface area contributed by atoms with E-state index < -0.39 is 5.97 Å². The summed E-state index contributed by atoms with van der Waals surface area (Å²) in [6, 6.07) is 7.32. The molecule has 0 aromatic heterocycles. The average Bonchev–Trinajstić information content (AvgIpc) is 2.50. The highest BCUT2D eigenvalue weighted by Crippen LogP contribution is 2.18. The molecule has 106 valence electrons. The molecule has 0 aliphatic heterocycles. The summed E-state index contributed by atoms with van der Waals surface area (Å²) in [6.45, 7) is 5.06. The van der Waals surface area contributed by atoms with Gasteiger partial charge in [0.2, 0.25) is 5.88 Å². The van der Waals surface area contributed by atoms with Crippen LogP contribution in [0.5, 0.6) is 5.75 Å². The molecule has 0 radical (unpaired) electrons. The maximum absolute atomic E-state index is 11.2. The maximum Gasteiger partial charge on any atom is 0.333 e. The smallest absolute Gasteiger partial charge is 0.333 e. The van der Waals surface area contributed by atoms with Crippen LogP contribution in [-0.4, -0.2) is 19.8 Å². The Morgan fingerprint density at radius 2 is 2.20 bits per heavy atom. The van der Waals surface area contributed by atoms with Crippen molar-refractivity contribution in [3.05, 3.63) is 53.4 Å². The lowest BCUT2D eigenvalue weighted by molar-refractivity contribution is -0.136. The summed E-state index contributed by atoms with van der Waals surface area (Å²) in [7, 11) is 1.32. The monoisotopic (exact) mass is 293 g/mol. The molecular weight excluding hydrogens is 278 g/mol. The largest absolute Gasteiger partial charge is 0.466 e. The van der Waals surface area contributed by atoms with E-state index in [1.54, 1.807) is 25.1 Å². The third-order valence-corrected chi connectivity index (χ3v) is 2.72. The summed E-state index contributed by atoms with van der Waals surface area (Å²) in [4.78, 5) is 15.0. The molecule has 0 fully saturated rings. The number of allylic oxidation sites excluding steroid dienone is 2. The molecule has 0 N–H and O–H groups in total. The number of hydrogen-bond acceptors (Lipinski definition) is 4. The molecule has 0 unspecified atom stereocenters. The molecule has 0 spiro atoms. The Morgan fingerprint density at radius 3 is 2.80 bits per heavy atom. The molecule has 0 heterocycles. The highest BCUT2D eigenvalue weighted by Gasteiger charge is 2.03. The number of halogens is 1. The van der Waals surface area contributed by atoms with Crippen LogP contribution in [0.1, 0.15) is 12.5 Å². The minimum Gasteiger partial charge on any atom is -0.466 e. The molecule has 4 nitrogen and oxygen atoms in total. The van der Waals surface area contributed by atoms with Gasteiger partial charge < -0.3 is 9.47 Å². The van der Waals surface area contributed by atoms with E-state index in [-0.39, 0.29) is 5.88 Å². The van der Waals surface area contributed by atoms with Crippen LogP contribution in [-0.2, 0) is 15.4 Å². The van der Waals surface area contributed by atoms with E-state index in [1.807, 2.05) is 18.2 Å². The van der Waals surface area contributed by atoms with Crippen LogP contribution in [0.15, 0.2) is 52.9 Å². The first-order valence-corrected chi connectivity index (χ1v) is 6.40. The fourth-order valence-corrected chi connectivity index (χ4v) is 1.52. The minimum absolute atomic E-state index is 0.278. The van der Waals surface area contributed by atoms with Gasteiger partial charge in [0.1, 0.15) is 5.75 Å². The Labute approximate surface area is 123 Å². The summed E-state index contributed by atoms with van der Waals surface area (Å²) in [6.07, 6.45) is 3.11. The van der Waals surface area contributed by atoms with Gasteiger partial charge in [0, 0.05) is 17.5 Å². The molecule has 20 heavy (non-hydrogen) atoms. The van der Waals surface area contributed by atoms with Gasteiger partial charge in [0.05, 0.1) is 7.11 Å². The molecule has 1 aromatic rings. The van der Waals surface area contributed by atoms with Crippen molar-refractivity contribution in [1.29, 1.82) is 0 Å². The SMILES string of the molecule is C=N/C(=C\C=C(/C)C(=O)OC)Oc1cccc(CCl)c1. The normalized spacial score (nSPS) is 11.9. The molecule has 1 aromatic carbocycles. The molecular formula is C15H16ClNO3. The van der Waals surface area contributed by atoms with Gasteiger partial charge in [-0.05, 0) is 37.4 Å². The van der Waals surface area contributed by atoms with Crippen molar-refractivity contribution in [2.75, 3.05) is 7.11 Å². The van der Waals surface area contributed by atoms with Gasteiger partial charge in [0.15, 0.2) is 0 Å². The zero-order valence-corrected chi connectivity index (χ0v) is 12.2. The average molecular weight is 294 g/mol. The summed E-state index contributed by atoms with van der Waals surface area (Å²) >= 11 is 5.76. The first-order valence-electron chi connectivity index (χ1n) is 5.87. The summed E-state index contributed by atoms with van der Waals surface area (Å²) in [5.41, 5.74) is 1.38. The number of aliphatic imine (C=N–C) groups is 1. The number of rotatable bonds is 6. The van der Waals surface area contributed by atoms with Crippen molar-refractivity contribution in [3.8, 4) is 5.75 Å². The van der Waals surface area contributed by atoms with Crippen LogP contribution in [0.2, 0.25) is 0 Å². The number of hydrogen-bond donors (Lipinski definition) is 0. The zero-order chi connectivity index (χ0) is 15.0. The summed E-state index contributed by atoms with van der Waals surface area (Å²) < 4.78 is 10.1. The van der Waals surface area contributed by atoms with E-state index in [0.717, 1.165) is 5.56 Å². The molecule has 5 heteroatoms. The number of carbonyl (C=O) groups excluding carboxylic acids is 1. The molecule has 0 atom stereocenters. The quantitative estimate of drug-likeness (QED) is 0.201. The Bertz CT molecular complexity index is 550. The van der Waals surface area contributed by atoms with E-state index in [1.165, 1.54) is 7.11 Å². The van der Waals surface area contributed by atoms with Crippen molar-refractivity contribution < 1.29 is 14.3 Å². The van der Waals surface area contributed by atoms with E-state index in [4.69, 9.17) is 16.3 Å². The topological polar surface area (TPSA) is 47.9 Å². The number of benzene rings is 1. The molecule has 0 saturated heterocycles. The van der Waals surface area contributed by atoms with Gasteiger partial charge in [-0.15, -0.1) is 11.6 Å². The lowest BCUT2D eigenvalue weighted by Crippen LogP contribution is -2.01. The van der Waals surface area contributed by atoms with Gasteiger partial charge in [-0.25, -0.2) is 9.79 Å². The lowest BCUT2D eigenvalue weighted by Gasteiger charge is -2.06. The molecule has 0 aliphatic carbocycles. The fraction of sp³-hybridized carbons (Fsp3) is 0.200. The zero-order valence-electron chi connectivity index (χ0n) is 11.4. The van der Waals surface area contributed by atoms with E-state index in [0.29, 0.717) is 17.2 Å². The summed E-state index contributed by atoms with van der Waals surface area (Å²) in [5, 5.41) is 0. The Kier molecular flexibility index (Phi) is 6.53. The van der Waals surface area contributed by atoms with Crippen LogP contribution in [0, 0.1) is 0 Å². The van der Waals surface area contributed by atoms with Gasteiger partial charge in [-0.2, -0.15) is 0 Å². The Hall–Kier alpha value is -2.07. The number of esters is 1.